The summed E-state index contributed by atoms with van der Waals surface area (Å²) in [5.41, 5.74) is 1.22. The number of alkyl halides is 3. The summed E-state index contributed by atoms with van der Waals surface area (Å²) in [6, 6.07) is 12.4. The lowest BCUT2D eigenvalue weighted by atomic mass is 10.1. The van der Waals surface area contributed by atoms with E-state index in [0.29, 0.717) is 47.6 Å². The van der Waals surface area contributed by atoms with Gasteiger partial charge in [-0.15, -0.1) is 11.3 Å². The fourth-order valence-corrected chi connectivity index (χ4v) is 3.77. The Kier molecular flexibility index (Phi) is 7.21. The highest BCUT2D eigenvalue weighted by Gasteiger charge is 2.31. The summed E-state index contributed by atoms with van der Waals surface area (Å²) in [6.45, 7) is 1.02. The van der Waals surface area contributed by atoms with Crippen molar-refractivity contribution in [3.63, 3.8) is 0 Å². The molecule has 0 bridgehead atoms. The first-order valence-corrected chi connectivity index (χ1v) is 10.1. The Morgan fingerprint density at radius 3 is 2.62 bits per heavy atom. The van der Waals surface area contributed by atoms with Gasteiger partial charge in [0.15, 0.2) is 5.13 Å². The summed E-state index contributed by atoms with van der Waals surface area (Å²) in [5.74, 6) is 0. The Bertz CT molecular complexity index is 951. The van der Waals surface area contributed by atoms with Crippen LogP contribution in [0.15, 0.2) is 53.9 Å². The number of benzene rings is 2. The minimum Gasteiger partial charge on any atom is -0.380 e. The maximum absolute atomic E-state index is 13.2. The second-order valence-electron chi connectivity index (χ2n) is 6.13. The van der Waals surface area contributed by atoms with Crippen LogP contribution in [0, 0.1) is 0 Å². The molecule has 0 aliphatic rings. The van der Waals surface area contributed by atoms with Gasteiger partial charge in [-0.3, -0.25) is 0 Å². The second-order valence-corrected chi connectivity index (χ2v) is 7.40. The number of thiazole rings is 1. The fourth-order valence-electron chi connectivity index (χ4n) is 2.70. The third-order valence-electron chi connectivity index (χ3n) is 4.05. The predicted molar refractivity (Wildman–Crippen MR) is 112 cm³/mol. The average molecular weight is 437 g/mol. The van der Waals surface area contributed by atoms with E-state index in [9.17, 15) is 13.2 Å². The third-order valence-corrected chi connectivity index (χ3v) is 5.15. The van der Waals surface area contributed by atoms with E-state index >= 15 is 0 Å². The van der Waals surface area contributed by atoms with Crippen LogP contribution in [0.25, 0.3) is 11.3 Å². The van der Waals surface area contributed by atoms with E-state index in [1.165, 1.54) is 17.4 Å². The Balaban J connectivity index is 1.92. The van der Waals surface area contributed by atoms with Crippen molar-refractivity contribution < 1.29 is 17.9 Å². The zero-order valence-electron chi connectivity index (χ0n) is 15.3. The topological polar surface area (TPSA) is 25.4 Å². The smallest absolute Gasteiger partial charge is 0.380 e. The molecule has 1 aromatic heterocycles. The van der Waals surface area contributed by atoms with Crippen molar-refractivity contribution in [3.8, 4) is 11.3 Å². The van der Waals surface area contributed by atoms with Crippen LogP contribution in [0.2, 0.25) is 11.3 Å². The Morgan fingerprint density at radius 1 is 1.10 bits per heavy atom. The highest BCUT2D eigenvalue weighted by molar-refractivity contribution is 7.14. The number of nitrogens with zero attached hydrogens (tertiary/aromatic N) is 2. The van der Waals surface area contributed by atoms with Crippen LogP contribution < -0.4 is 4.90 Å². The molecule has 0 saturated carbocycles. The standard InChI is InChI=1S/C20H17BClF3N2OS/c21-7-9-28-10-8-27(17-6-2-4-15(12-17)20(23,24)25)19-26-18(13-29-19)14-3-1-5-16(22)11-14/h1-6,11-13H,7-10H2. The molecule has 150 valence electrons. The SMILES string of the molecule is [B]CCOCCN(c1cccc(C(F)(F)F)c1)c1nc(-c2cccc(Cl)c2)cs1. The first-order valence-electron chi connectivity index (χ1n) is 8.82. The van der Waals surface area contributed by atoms with Gasteiger partial charge in [0.1, 0.15) is 0 Å². The van der Waals surface area contributed by atoms with Crippen LogP contribution in [-0.4, -0.2) is 32.6 Å². The maximum Gasteiger partial charge on any atom is 0.416 e. The van der Waals surface area contributed by atoms with Gasteiger partial charge in [-0.25, -0.2) is 4.98 Å². The molecule has 2 radical (unpaired) electrons. The molecule has 3 rings (SSSR count). The molecule has 29 heavy (non-hydrogen) atoms. The molecule has 3 aromatic rings. The molecule has 0 amide bonds. The third kappa shape index (κ3) is 5.75. The van der Waals surface area contributed by atoms with Crippen molar-refractivity contribution >= 4 is 41.6 Å². The molecule has 0 spiro atoms. The second kappa shape index (κ2) is 9.65. The summed E-state index contributed by atoms with van der Waals surface area (Å²) in [5, 5.41) is 3.00. The average Bonchev–Trinajstić information content (AvgIpc) is 3.17. The van der Waals surface area contributed by atoms with Crippen molar-refractivity contribution in [2.75, 3.05) is 24.7 Å². The largest absolute Gasteiger partial charge is 0.416 e. The minimum absolute atomic E-state index is 0.305. The number of anilines is 2. The van der Waals surface area contributed by atoms with Gasteiger partial charge in [0.2, 0.25) is 0 Å². The van der Waals surface area contributed by atoms with Crippen molar-refractivity contribution in [3.05, 3.63) is 64.5 Å². The van der Waals surface area contributed by atoms with Crippen LogP contribution in [0.4, 0.5) is 24.0 Å². The first kappa shape index (κ1) is 21.7. The van der Waals surface area contributed by atoms with Gasteiger partial charge in [-0.05, 0) is 30.3 Å². The molecular formula is C20H17BClF3N2OS. The monoisotopic (exact) mass is 436 g/mol. The molecule has 0 atom stereocenters. The zero-order valence-corrected chi connectivity index (χ0v) is 16.9. The summed E-state index contributed by atoms with van der Waals surface area (Å²) in [7, 11) is 5.43. The van der Waals surface area contributed by atoms with Gasteiger partial charge in [0, 0.05) is 34.8 Å². The van der Waals surface area contributed by atoms with Gasteiger partial charge in [-0.2, -0.15) is 13.2 Å². The van der Waals surface area contributed by atoms with Gasteiger partial charge < -0.3 is 9.64 Å². The molecule has 3 nitrogen and oxygen atoms in total. The Labute approximate surface area is 177 Å². The minimum atomic E-state index is -4.42. The van der Waals surface area contributed by atoms with Gasteiger partial charge in [0.05, 0.1) is 25.7 Å². The van der Waals surface area contributed by atoms with Gasteiger partial charge in [-0.1, -0.05) is 36.1 Å². The normalized spacial score (nSPS) is 11.6. The molecule has 0 unspecified atom stereocenters. The van der Waals surface area contributed by atoms with Crippen LogP contribution in [0.1, 0.15) is 5.56 Å². The van der Waals surface area contributed by atoms with E-state index in [-0.39, 0.29) is 0 Å². The number of hydrogen-bond donors (Lipinski definition) is 0. The highest BCUT2D eigenvalue weighted by Crippen LogP contribution is 2.36. The van der Waals surface area contributed by atoms with Crippen LogP contribution >= 0.6 is 22.9 Å². The van der Waals surface area contributed by atoms with Gasteiger partial charge >= 0.3 is 6.18 Å². The molecule has 1 heterocycles. The van der Waals surface area contributed by atoms with Crippen molar-refractivity contribution in [2.45, 2.75) is 12.5 Å². The van der Waals surface area contributed by atoms with Gasteiger partial charge in [0.25, 0.3) is 0 Å². The first-order chi connectivity index (χ1) is 13.9. The van der Waals surface area contributed by atoms with Crippen LogP contribution in [0.5, 0.6) is 0 Å². The highest BCUT2D eigenvalue weighted by atomic mass is 35.5. The van der Waals surface area contributed by atoms with E-state index < -0.39 is 11.7 Å². The molecule has 2 aromatic carbocycles. The molecule has 0 aliphatic carbocycles. The van der Waals surface area contributed by atoms with Crippen molar-refractivity contribution in [1.29, 1.82) is 0 Å². The summed E-state index contributed by atoms with van der Waals surface area (Å²) < 4.78 is 44.9. The van der Waals surface area contributed by atoms with Crippen molar-refractivity contribution in [2.24, 2.45) is 0 Å². The molecule has 0 saturated heterocycles. The van der Waals surface area contributed by atoms with E-state index in [1.807, 2.05) is 17.5 Å². The zero-order chi connectivity index (χ0) is 20.9. The van der Waals surface area contributed by atoms with E-state index in [1.54, 1.807) is 23.1 Å². The number of halogens is 4. The van der Waals surface area contributed by atoms with E-state index in [2.05, 4.69) is 4.98 Å². The quantitative estimate of drug-likeness (QED) is 0.309. The molecule has 0 fully saturated rings. The summed E-state index contributed by atoms with van der Waals surface area (Å²) in [4.78, 5) is 6.33. The number of rotatable bonds is 8. The Hall–Kier alpha value is -2.03. The Morgan fingerprint density at radius 2 is 1.90 bits per heavy atom. The van der Waals surface area contributed by atoms with Crippen molar-refractivity contribution in [1.82, 2.24) is 4.98 Å². The lowest BCUT2D eigenvalue weighted by Gasteiger charge is -2.23. The molecule has 9 heteroatoms. The molecular weight excluding hydrogens is 420 g/mol. The number of hydrogen-bond acceptors (Lipinski definition) is 4. The predicted octanol–water partition coefficient (Wildman–Crippen LogP) is 6.22. The lowest BCUT2D eigenvalue weighted by Crippen LogP contribution is -2.23. The fraction of sp³-hybridized carbons (Fsp3) is 0.250. The summed E-state index contributed by atoms with van der Waals surface area (Å²) >= 11 is 7.39. The lowest BCUT2D eigenvalue weighted by molar-refractivity contribution is -0.137. The maximum atomic E-state index is 13.2. The van der Waals surface area contributed by atoms with Crippen LogP contribution in [-0.2, 0) is 10.9 Å². The molecule has 0 N–H and O–H groups in total. The summed E-state index contributed by atoms with van der Waals surface area (Å²) in [6.07, 6.45) is -4.05. The van der Waals surface area contributed by atoms with Crippen LogP contribution in [0.3, 0.4) is 0 Å². The van der Waals surface area contributed by atoms with E-state index in [4.69, 9.17) is 24.2 Å². The molecule has 0 aliphatic heterocycles. The van der Waals surface area contributed by atoms with E-state index in [0.717, 1.165) is 17.7 Å². The number of aromatic nitrogens is 1. The number of ether oxygens (including phenoxy) is 1.